The number of nitrogens with one attached hydrogen (secondary N) is 1. The lowest BCUT2D eigenvalue weighted by molar-refractivity contribution is -0.121. The van der Waals surface area contributed by atoms with Crippen molar-refractivity contribution in [2.75, 3.05) is 11.9 Å². The van der Waals surface area contributed by atoms with Gasteiger partial charge in [0.15, 0.2) is 0 Å². The number of alkyl halides is 1. The molecule has 0 atom stereocenters. The highest BCUT2D eigenvalue weighted by Crippen LogP contribution is 2.29. The molecule has 1 N–H and O–H groups in total. The van der Waals surface area contributed by atoms with Gasteiger partial charge in [-0.1, -0.05) is 48.5 Å². The van der Waals surface area contributed by atoms with Crippen molar-refractivity contribution in [2.45, 2.75) is 58.3 Å². The lowest BCUT2D eigenvalue weighted by atomic mass is 9.81. The summed E-state index contributed by atoms with van der Waals surface area (Å²) in [6.45, 7) is 3.23. The number of hydrogen-bond donors (Lipinski definition) is 1. The van der Waals surface area contributed by atoms with Crippen LogP contribution in [0, 0.1) is 11.8 Å². The van der Waals surface area contributed by atoms with Crippen LogP contribution in [-0.2, 0) is 4.79 Å². The fourth-order valence-electron chi connectivity index (χ4n) is 2.50. The van der Waals surface area contributed by atoms with Crippen molar-refractivity contribution in [1.82, 2.24) is 5.32 Å². The van der Waals surface area contributed by atoms with Gasteiger partial charge in [-0.3, -0.25) is 4.79 Å². The number of carbonyl (C=O) groups excluding carboxylic acids is 1. The predicted octanol–water partition coefficient (Wildman–Crippen LogP) is 3.88. The molecule has 0 radical (unpaired) electrons. The fraction of sp³-hybridized carbons (Fsp3) is 0.929. The summed E-state index contributed by atoms with van der Waals surface area (Å²) in [5, 5.41) is 4.05. The van der Waals surface area contributed by atoms with E-state index in [0.29, 0.717) is 6.42 Å². The van der Waals surface area contributed by atoms with E-state index in [-0.39, 0.29) is 5.91 Å². The molecular weight excluding hydrogens is 278 g/mol. The summed E-state index contributed by atoms with van der Waals surface area (Å²) >= 11 is 3.38. The molecule has 0 spiro atoms. The van der Waals surface area contributed by atoms with Crippen molar-refractivity contribution in [3.05, 3.63) is 0 Å². The number of halogens is 1. The van der Waals surface area contributed by atoms with E-state index in [4.69, 9.17) is 0 Å². The summed E-state index contributed by atoms with van der Waals surface area (Å²) in [6.07, 6.45) is 9.44. The Morgan fingerprint density at radius 1 is 1.24 bits per heavy atom. The second kappa shape index (κ2) is 8.96. The number of unbranched alkanes of at least 4 members (excludes halogenated alkanes) is 1. The van der Waals surface area contributed by atoms with Crippen LogP contribution in [0.15, 0.2) is 0 Å². The van der Waals surface area contributed by atoms with E-state index < -0.39 is 0 Å². The molecule has 0 unspecified atom stereocenters. The van der Waals surface area contributed by atoms with E-state index in [1.807, 2.05) is 0 Å². The molecule has 1 aliphatic carbocycles. The molecule has 0 aromatic rings. The van der Waals surface area contributed by atoms with E-state index in [1.54, 1.807) is 0 Å². The molecule has 0 aromatic carbocycles. The summed E-state index contributed by atoms with van der Waals surface area (Å²) in [4.78, 5) is 11.5. The molecule has 17 heavy (non-hydrogen) atoms. The second-order valence-corrected chi connectivity index (χ2v) is 6.20. The first-order chi connectivity index (χ1) is 8.22. The van der Waals surface area contributed by atoms with Gasteiger partial charge in [-0.15, -0.1) is 0 Å². The maximum Gasteiger partial charge on any atom is 0.219 e. The Morgan fingerprint density at radius 2 is 1.94 bits per heavy atom. The summed E-state index contributed by atoms with van der Waals surface area (Å²) in [6, 6.07) is 0. The Labute approximate surface area is 114 Å². The Balaban J connectivity index is 1.97. The highest BCUT2D eigenvalue weighted by atomic mass is 79.9. The van der Waals surface area contributed by atoms with Crippen LogP contribution < -0.4 is 5.32 Å². The van der Waals surface area contributed by atoms with Gasteiger partial charge in [-0.2, -0.15) is 0 Å². The molecule has 1 saturated carbocycles. The van der Waals surface area contributed by atoms with Gasteiger partial charge in [0.2, 0.25) is 5.91 Å². The van der Waals surface area contributed by atoms with Gasteiger partial charge in [0.05, 0.1) is 0 Å². The molecule has 1 aliphatic rings. The van der Waals surface area contributed by atoms with Gasteiger partial charge in [-0.25, -0.2) is 0 Å². The molecule has 3 heteroatoms. The fourth-order valence-corrected chi connectivity index (χ4v) is 2.90. The average Bonchev–Trinajstić information content (AvgIpc) is 2.32. The first-order valence-corrected chi connectivity index (χ1v) is 8.17. The third-order valence-corrected chi connectivity index (χ3v) is 4.36. The first kappa shape index (κ1) is 15.0. The number of amides is 1. The standard InChI is InChI=1S/C14H26BrNO/c1-12-5-7-13(8-6-12)9-11-16-14(17)4-2-3-10-15/h12-13H,2-11H2,1H3,(H,16,17). The zero-order valence-corrected chi connectivity index (χ0v) is 12.6. The molecule has 0 heterocycles. The molecule has 1 rings (SSSR count). The lowest BCUT2D eigenvalue weighted by Crippen LogP contribution is -2.26. The van der Waals surface area contributed by atoms with Crippen LogP contribution in [-0.4, -0.2) is 17.8 Å². The van der Waals surface area contributed by atoms with Gasteiger partial charge in [0, 0.05) is 18.3 Å². The molecule has 0 aromatic heterocycles. The minimum absolute atomic E-state index is 0.232. The third kappa shape index (κ3) is 7.07. The van der Waals surface area contributed by atoms with Crippen LogP contribution in [0.3, 0.4) is 0 Å². The van der Waals surface area contributed by atoms with Gasteiger partial charge in [0.1, 0.15) is 0 Å². The molecule has 2 nitrogen and oxygen atoms in total. The van der Waals surface area contributed by atoms with Crippen molar-refractivity contribution < 1.29 is 4.79 Å². The molecular formula is C14H26BrNO. The summed E-state index contributed by atoms with van der Waals surface area (Å²) in [5.74, 6) is 2.01. The SMILES string of the molecule is CC1CCC(CCNC(=O)CCCCBr)CC1. The van der Waals surface area contributed by atoms with Crippen molar-refractivity contribution in [2.24, 2.45) is 11.8 Å². The van der Waals surface area contributed by atoms with Crippen molar-refractivity contribution in [3.8, 4) is 0 Å². The molecule has 0 saturated heterocycles. The second-order valence-electron chi connectivity index (χ2n) is 5.41. The quantitative estimate of drug-likeness (QED) is 0.561. The largest absolute Gasteiger partial charge is 0.356 e. The molecule has 100 valence electrons. The highest BCUT2D eigenvalue weighted by molar-refractivity contribution is 9.09. The van der Waals surface area contributed by atoms with Crippen LogP contribution in [0.2, 0.25) is 0 Å². The van der Waals surface area contributed by atoms with Crippen LogP contribution in [0.5, 0.6) is 0 Å². The van der Waals surface area contributed by atoms with Crippen LogP contribution in [0.1, 0.15) is 58.3 Å². The number of carbonyl (C=O) groups is 1. The molecule has 1 fully saturated rings. The van der Waals surface area contributed by atoms with Gasteiger partial charge >= 0.3 is 0 Å². The van der Waals surface area contributed by atoms with Gasteiger partial charge < -0.3 is 5.32 Å². The van der Waals surface area contributed by atoms with Crippen molar-refractivity contribution >= 4 is 21.8 Å². The molecule has 0 aliphatic heterocycles. The van der Waals surface area contributed by atoms with E-state index in [2.05, 4.69) is 28.2 Å². The first-order valence-electron chi connectivity index (χ1n) is 7.05. The predicted molar refractivity (Wildman–Crippen MR) is 76.4 cm³/mol. The minimum atomic E-state index is 0.232. The Kier molecular flexibility index (Phi) is 7.91. The number of rotatable bonds is 7. The highest BCUT2D eigenvalue weighted by Gasteiger charge is 2.17. The van der Waals surface area contributed by atoms with Crippen molar-refractivity contribution in [3.63, 3.8) is 0 Å². The van der Waals surface area contributed by atoms with Crippen molar-refractivity contribution in [1.29, 1.82) is 0 Å². The summed E-state index contributed by atoms with van der Waals surface area (Å²) in [7, 11) is 0. The number of hydrogen-bond acceptors (Lipinski definition) is 1. The maximum absolute atomic E-state index is 11.5. The summed E-state index contributed by atoms with van der Waals surface area (Å²) in [5.41, 5.74) is 0. The Hall–Kier alpha value is -0.0500. The molecule has 0 bridgehead atoms. The average molecular weight is 304 g/mol. The van der Waals surface area contributed by atoms with Gasteiger partial charge in [-0.05, 0) is 31.1 Å². The topological polar surface area (TPSA) is 29.1 Å². The third-order valence-electron chi connectivity index (χ3n) is 3.80. The van der Waals surface area contributed by atoms with E-state index >= 15 is 0 Å². The molecule has 1 amide bonds. The van der Waals surface area contributed by atoms with E-state index in [0.717, 1.165) is 36.6 Å². The van der Waals surface area contributed by atoms with E-state index in [1.165, 1.54) is 32.1 Å². The summed E-state index contributed by atoms with van der Waals surface area (Å²) < 4.78 is 0. The zero-order valence-electron chi connectivity index (χ0n) is 11.0. The van der Waals surface area contributed by atoms with Gasteiger partial charge in [0.25, 0.3) is 0 Å². The zero-order chi connectivity index (χ0) is 12.5. The minimum Gasteiger partial charge on any atom is -0.356 e. The monoisotopic (exact) mass is 303 g/mol. The van der Waals surface area contributed by atoms with E-state index in [9.17, 15) is 4.79 Å². The maximum atomic E-state index is 11.5. The lowest BCUT2D eigenvalue weighted by Gasteiger charge is -2.26. The Morgan fingerprint density at radius 3 is 2.59 bits per heavy atom. The normalized spacial score (nSPS) is 24.6. The smallest absolute Gasteiger partial charge is 0.219 e. The van der Waals surface area contributed by atoms with Crippen LogP contribution in [0.25, 0.3) is 0 Å². The van der Waals surface area contributed by atoms with Crippen LogP contribution >= 0.6 is 15.9 Å². The Bertz CT molecular complexity index is 212. The van der Waals surface area contributed by atoms with Crippen LogP contribution in [0.4, 0.5) is 0 Å².